The first kappa shape index (κ1) is 28.0. The van der Waals surface area contributed by atoms with Gasteiger partial charge in [-0.25, -0.2) is 8.42 Å². The lowest BCUT2D eigenvalue weighted by Gasteiger charge is -2.32. The average Bonchev–Trinajstić information content (AvgIpc) is 2.79. The van der Waals surface area contributed by atoms with E-state index in [4.69, 9.17) is 23.2 Å². The number of halogens is 2. The molecule has 10 heteroatoms. The first-order valence-electron chi connectivity index (χ1n) is 11.1. The summed E-state index contributed by atoms with van der Waals surface area (Å²) in [5.74, 6) is -0.860. The molecule has 186 valence electrons. The summed E-state index contributed by atoms with van der Waals surface area (Å²) in [7, 11) is -3.78. The van der Waals surface area contributed by atoms with Crippen molar-refractivity contribution in [3.63, 3.8) is 0 Å². The molecule has 34 heavy (non-hydrogen) atoms. The molecule has 2 aromatic carbocycles. The number of benzene rings is 2. The minimum atomic E-state index is -3.78. The van der Waals surface area contributed by atoms with Gasteiger partial charge in [0.1, 0.15) is 12.6 Å². The Morgan fingerprint density at radius 2 is 1.74 bits per heavy atom. The van der Waals surface area contributed by atoms with E-state index >= 15 is 0 Å². The van der Waals surface area contributed by atoms with E-state index in [2.05, 4.69) is 5.32 Å². The van der Waals surface area contributed by atoms with Crippen LogP contribution in [0.1, 0.15) is 38.3 Å². The standard InChI is InChI=1S/C24H31Cl2N3O4S/c1-5-13-27-24(31)17(3)28(15-19-11-12-20(25)14-21(19)26)23(30)16-29(34(4,32)33)22-10-8-7-9-18(22)6-2/h7-12,14,17H,5-6,13,15-16H2,1-4H3,(H,27,31)/t17-/m0/s1. The highest BCUT2D eigenvalue weighted by atomic mass is 35.5. The molecule has 0 aliphatic heterocycles. The number of sulfonamides is 1. The summed E-state index contributed by atoms with van der Waals surface area (Å²) in [6.45, 7) is 5.48. The number of aryl methyl sites for hydroxylation is 1. The van der Waals surface area contributed by atoms with Crippen LogP contribution in [0.2, 0.25) is 10.0 Å². The predicted molar refractivity (Wildman–Crippen MR) is 138 cm³/mol. The highest BCUT2D eigenvalue weighted by Gasteiger charge is 2.31. The third-order valence-electron chi connectivity index (χ3n) is 5.39. The number of hydrogen-bond acceptors (Lipinski definition) is 4. The van der Waals surface area contributed by atoms with E-state index in [1.54, 1.807) is 37.3 Å². The Morgan fingerprint density at radius 3 is 2.32 bits per heavy atom. The molecule has 0 aliphatic rings. The van der Waals surface area contributed by atoms with Crippen LogP contribution >= 0.6 is 23.2 Å². The number of amides is 2. The van der Waals surface area contributed by atoms with Gasteiger partial charge in [-0.3, -0.25) is 13.9 Å². The molecule has 0 aliphatic carbocycles. The number of anilines is 1. The molecular formula is C24H31Cl2N3O4S. The molecule has 0 saturated heterocycles. The molecule has 2 aromatic rings. The zero-order valence-electron chi connectivity index (χ0n) is 19.8. The molecule has 2 amide bonds. The maximum atomic E-state index is 13.5. The van der Waals surface area contributed by atoms with Crippen molar-refractivity contribution in [1.82, 2.24) is 10.2 Å². The van der Waals surface area contributed by atoms with Gasteiger partial charge in [0.05, 0.1) is 11.9 Å². The number of nitrogens with zero attached hydrogens (tertiary/aromatic N) is 2. The fourth-order valence-electron chi connectivity index (χ4n) is 3.46. The third kappa shape index (κ3) is 7.35. The average molecular weight is 529 g/mol. The van der Waals surface area contributed by atoms with Crippen molar-refractivity contribution < 1.29 is 18.0 Å². The molecule has 0 radical (unpaired) electrons. The van der Waals surface area contributed by atoms with Gasteiger partial charge in [-0.15, -0.1) is 0 Å². The Morgan fingerprint density at radius 1 is 1.06 bits per heavy atom. The van der Waals surface area contributed by atoms with Crippen LogP contribution < -0.4 is 9.62 Å². The lowest BCUT2D eigenvalue weighted by atomic mass is 10.1. The lowest BCUT2D eigenvalue weighted by Crippen LogP contribution is -2.51. The second-order valence-corrected chi connectivity index (χ2v) is 10.7. The molecule has 1 N–H and O–H groups in total. The van der Waals surface area contributed by atoms with Crippen LogP contribution in [-0.2, 0) is 32.6 Å². The van der Waals surface area contributed by atoms with Crippen LogP contribution in [0.5, 0.6) is 0 Å². The summed E-state index contributed by atoms with van der Waals surface area (Å²) >= 11 is 12.3. The highest BCUT2D eigenvalue weighted by molar-refractivity contribution is 7.92. The van der Waals surface area contributed by atoms with Crippen molar-refractivity contribution >= 4 is 50.7 Å². The Labute approximate surface area is 212 Å². The van der Waals surface area contributed by atoms with Gasteiger partial charge in [-0.2, -0.15) is 0 Å². The van der Waals surface area contributed by atoms with Crippen molar-refractivity contribution in [3.8, 4) is 0 Å². The first-order chi connectivity index (χ1) is 16.0. The molecular weight excluding hydrogens is 497 g/mol. The molecule has 0 unspecified atom stereocenters. The molecule has 0 fully saturated rings. The van der Waals surface area contributed by atoms with Gasteiger partial charge in [0.2, 0.25) is 21.8 Å². The van der Waals surface area contributed by atoms with Gasteiger partial charge >= 0.3 is 0 Å². The summed E-state index contributed by atoms with van der Waals surface area (Å²) in [4.78, 5) is 27.6. The van der Waals surface area contributed by atoms with Crippen LogP contribution in [0.4, 0.5) is 5.69 Å². The summed E-state index contributed by atoms with van der Waals surface area (Å²) in [6.07, 6.45) is 2.39. The summed E-state index contributed by atoms with van der Waals surface area (Å²) in [5.41, 5.74) is 1.82. The second kappa shape index (κ2) is 12.4. The van der Waals surface area contributed by atoms with Crippen LogP contribution in [0.15, 0.2) is 42.5 Å². The lowest BCUT2D eigenvalue weighted by molar-refractivity contribution is -0.139. The quantitative estimate of drug-likeness (QED) is 0.472. The molecule has 1 atom stereocenters. The number of nitrogens with one attached hydrogen (secondary N) is 1. The van der Waals surface area contributed by atoms with E-state index in [-0.39, 0.29) is 12.5 Å². The fourth-order valence-corrected chi connectivity index (χ4v) is 4.81. The molecule has 0 bridgehead atoms. The van der Waals surface area contributed by atoms with Crippen LogP contribution in [0.25, 0.3) is 0 Å². The van der Waals surface area contributed by atoms with E-state index in [0.717, 1.165) is 22.5 Å². The van der Waals surface area contributed by atoms with Gasteiger partial charge in [0.25, 0.3) is 0 Å². The van der Waals surface area contributed by atoms with Gasteiger partial charge in [0.15, 0.2) is 0 Å². The molecule has 0 aromatic heterocycles. The van der Waals surface area contributed by atoms with E-state index in [9.17, 15) is 18.0 Å². The topological polar surface area (TPSA) is 86.8 Å². The number of rotatable bonds is 11. The number of hydrogen-bond donors (Lipinski definition) is 1. The zero-order valence-corrected chi connectivity index (χ0v) is 22.2. The van der Waals surface area contributed by atoms with E-state index < -0.39 is 28.5 Å². The Bertz CT molecular complexity index is 1120. The van der Waals surface area contributed by atoms with E-state index in [0.29, 0.717) is 34.3 Å². The summed E-state index contributed by atoms with van der Waals surface area (Å²) in [5, 5.41) is 3.59. The largest absolute Gasteiger partial charge is 0.354 e. The molecule has 2 rings (SSSR count). The zero-order chi connectivity index (χ0) is 25.5. The smallest absolute Gasteiger partial charge is 0.244 e. The van der Waals surface area contributed by atoms with Gasteiger partial charge in [-0.1, -0.05) is 61.3 Å². The molecule has 0 saturated carbocycles. The van der Waals surface area contributed by atoms with E-state index in [1.807, 2.05) is 26.0 Å². The maximum Gasteiger partial charge on any atom is 0.244 e. The SMILES string of the molecule is CCCNC(=O)[C@H](C)N(Cc1ccc(Cl)cc1Cl)C(=O)CN(c1ccccc1CC)S(C)(=O)=O. The van der Waals surface area contributed by atoms with Gasteiger partial charge < -0.3 is 10.2 Å². The molecule has 0 heterocycles. The van der Waals surface area contributed by atoms with Crippen molar-refractivity contribution in [3.05, 3.63) is 63.6 Å². The van der Waals surface area contributed by atoms with Crippen molar-refractivity contribution in [2.45, 2.75) is 46.2 Å². The van der Waals surface area contributed by atoms with E-state index in [1.165, 1.54) is 4.90 Å². The minimum Gasteiger partial charge on any atom is -0.354 e. The van der Waals surface area contributed by atoms with Gasteiger partial charge in [0, 0.05) is 23.1 Å². The van der Waals surface area contributed by atoms with Crippen molar-refractivity contribution in [2.75, 3.05) is 23.7 Å². The normalized spacial score (nSPS) is 12.2. The monoisotopic (exact) mass is 527 g/mol. The summed E-state index contributed by atoms with van der Waals surface area (Å²) in [6, 6.07) is 11.1. The minimum absolute atomic E-state index is 0.0164. The third-order valence-corrected chi connectivity index (χ3v) is 7.11. The Balaban J connectivity index is 2.44. The van der Waals surface area contributed by atoms with Crippen molar-refractivity contribution in [1.29, 1.82) is 0 Å². The van der Waals surface area contributed by atoms with Crippen LogP contribution in [0, 0.1) is 0 Å². The maximum absolute atomic E-state index is 13.5. The molecule has 7 nitrogen and oxygen atoms in total. The van der Waals surface area contributed by atoms with Crippen LogP contribution in [0.3, 0.4) is 0 Å². The highest BCUT2D eigenvalue weighted by Crippen LogP contribution is 2.26. The number of carbonyl (C=O) groups is 2. The number of para-hydroxylation sites is 1. The number of carbonyl (C=O) groups excluding carboxylic acids is 2. The predicted octanol–water partition coefficient (Wildman–Crippen LogP) is 4.27. The summed E-state index contributed by atoms with van der Waals surface area (Å²) < 4.78 is 26.5. The Hall–Kier alpha value is -2.29. The second-order valence-electron chi connectivity index (χ2n) is 7.98. The Kier molecular flexibility index (Phi) is 10.2. The van der Waals surface area contributed by atoms with Crippen molar-refractivity contribution in [2.24, 2.45) is 0 Å². The molecule has 0 spiro atoms. The van der Waals surface area contributed by atoms with Gasteiger partial charge in [-0.05, 0) is 49.1 Å². The van der Waals surface area contributed by atoms with Crippen LogP contribution in [-0.4, -0.2) is 50.5 Å². The first-order valence-corrected chi connectivity index (χ1v) is 13.7. The fraction of sp³-hybridized carbons (Fsp3) is 0.417.